The quantitative estimate of drug-likeness (QED) is 0.712. The number of imide groups is 1. The van der Waals surface area contributed by atoms with E-state index in [9.17, 15) is 9.59 Å². The third-order valence-electron chi connectivity index (χ3n) is 6.07. The van der Waals surface area contributed by atoms with Crippen molar-refractivity contribution < 1.29 is 14.3 Å². The maximum Gasteiger partial charge on any atom is 0.261 e. The SMILES string of the molecule is CC1(C)C[C@@H]([C@@H](CCN2C(=O)c3ccccc3C2=O)c2ccccc2)CCO1. The highest BCUT2D eigenvalue weighted by Crippen LogP contribution is 2.40. The van der Waals surface area contributed by atoms with Crippen LogP contribution in [0.25, 0.3) is 0 Å². The van der Waals surface area contributed by atoms with Crippen molar-refractivity contribution in [2.24, 2.45) is 5.92 Å². The Kier molecular flexibility index (Phi) is 5.07. The van der Waals surface area contributed by atoms with E-state index in [2.05, 4.69) is 38.1 Å². The van der Waals surface area contributed by atoms with Crippen LogP contribution < -0.4 is 0 Å². The number of fused-ring (bicyclic) bond motifs is 1. The van der Waals surface area contributed by atoms with E-state index in [0.717, 1.165) is 25.9 Å². The molecular weight excluding hydrogens is 350 g/mol. The van der Waals surface area contributed by atoms with E-state index in [1.165, 1.54) is 10.5 Å². The number of amides is 2. The van der Waals surface area contributed by atoms with Gasteiger partial charge in [0.25, 0.3) is 11.8 Å². The van der Waals surface area contributed by atoms with Gasteiger partial charge in [-0.2, -0.15) is 0 Å². The molecule has 0 spiro atoms. The van der Waals surface area contributed by atoms with Crippen LogP contribution in [0.5, 0.6) is 0 Å². The fourth-order valence-electron chi connectivity index (χ4n) is 4.71. The summed E-state index contributed by atoms with van der Waals surface area (Å²) in [7, 11) is 0. The molecule has 2 atom stereocenters. The molecule has 2 aromatic rings. The van der Waals surface area contributed by atoms with Gasteiger partial charge in [-0.25, -0.2) is 0 Å². The molecule has 4 rings (SSSR count). The molecule has 2 aliphatic heterocycles. The summed E-state index contributed by atoms with van der Waals surface area (Å²) in [5.74, 6) is 0.439. The molecule has 0 unspecified atom stereocenters. The standard InChI is InChI=1S/C24H27NO3/c1-24(2)16-18(13-15-28-24)19(17-8-4-3-5-9-17)12-14-25-22(26)20-10-6-7-11-21(20)23(25)27/h3-11,18-19H,12-16H2,1-2H3/t18-,19-/m0/s1. The van der Waals surface area contributed by atoms with Crippen molar-refractivity contribution in [3.05, 3.63) is 71.3 Å². The first-order valence-electron chi connectivity index (χ1n) is 10.1. The average Bonchev–Trinajstić information content (AvgIpc) is 2.93. The van der Waals surface area contributed by atoms with Crippen molar-refractivity contribution in [1.82, 2.24) is 4.90 Å². The fourth-order valence-corrected chi connectivity index (χ4v) is 4.71. The summed E-state index contributed by atoms with van der Waals surface area (Å²) in [4.78, 5) is 26.9. The second kappa shape index (κ2) is 7.51. The van der Waals surface area contributed by atoms with Gasteiger partial charge in [0.1, 0.15) is 0 Å². The first-order valence-corrected chi connectivity index (χ1v) is 10.1. The Morgan fingerprint density at radius 3 is 2.21 bits per heavy atom. The Bertz CT molecular complexity index is 839. The van der Waals surface area contributed by atoms with Gasteiger partial charge in [0.15, 0.2) is 0 Å². The van der Waals surface area contributed by atoms with E-state index < -0.39 is 0 Å². The van der Waals surface area contributed by atoms with Crippen molar-refractivity contribution >= 4 is 11.8 Å². The van der Waals surface area contributed by atoms with E-state index in [1.54, 1.807) is 12.1 Å². The van der Waals surface area contributed by atoms with E-state index in [-0.39, 0.29) is 17.4 Å². The smallest absolute Gasteiger partial charge is 0.261 e. The normalized spacial score (nSPS) is 22.2. The summed E-state index contributed by atoms with van der Waals surface area (Å²) in [5.41, 5.74) is 2.19. The van der Waals surface area contributed by atoms with E-state index in [1.807, 2.05) is 18.2 Å². The van der Waals surface area contributed by atoms with Crippen molar-refractivity contribution in [1.29, 1.82) is 0 Å². The molecule has 0 saturated carbocycles. The molecule has 2 amide bonds. The molecule has 1 fully saturated rings. The van der Waals surface area contributed by atoms with Gasteiger partial charge in [0.05, 0.1) is 16.7 Å². The van der Waals surface area contributed by atoms with Gasteiger partial charge in [-0.3, -0.25) is 14.5 Å². The van der Waals surface area contributed by atoms with Crippen LogP contribution in [-0.2, 0) is 4.74 Å². The van der Waals surface area contributed by atoms with Crippen LogP contribution in [0.15, 0.2) is 54.6 Å². The number of hydrogen-bond acceptors (Lipinski definition) is 3. The maximum atomic E-state index is 12.7. The summed E-state index contributed by atoms with van der Waals surface area (Å²) < 4.78 is 5.92. The first kappa shape index (κ1) is 18.9. The van der Waals surface area contributed by atoms with Crippen molar-refractivity contribution in [3.63, 3.8) is 0 Å². The molecular formula is C24H27NO3. The Morgan fingerprint density at radius 1 is 1.00 bits per heavy atom. The molecule has 146 valence electrons. The number of carbonyl (C=O) groups excluding carboxylic acids is 2. The molecule has 4 heteroatoms. The first-order chi connectivity index (χ1) is 13.5. The van der Waals surface area contributed by atoms with Gasteiger partial charge in [0, 0.05) is 13.2 Å². The van der Waals surface area contributed by atoms with Crippen LogP contribution in [-0.4, -0.2) is 35.5 Å². The Morgan fingerprint density at radius 2 is 1.61 bits per heavy atom. The van der Waals surface area contributed by atoms with Crippen LogP contribution in [0, 0.1) is 5.92 Å². The molecule has 2 aromatic carbocycles. The van der Waals surface area contributed by atoms with Crippen molar-refractivity contribution in [2.45, 2.75) is 44.6 Å². The Hall–Kier alpha value is -2.46. The minimum absolute atomic E-state index is 0.133. The summed E-state index contributed by atoms with van der Waals surface area (Å²) >= 11 is 0. The molecule has 0 aromatic heterocycles. The van der Waals surface area contributed by atoms with Gasteiger partial charge in [-0.15, -0.1) is 0 Å². The average molecular weight is 377 g/mol. The molecule has 1 saturated heterocycles. The second-order valence-electron chi connectivity index (χ2n) is 8.47. The van der Waals surface area contributed by atoms with E-state index >= 15 is 0 Å². The zero-order valence-corrected chi connectivity index (χ0v) is 16.6. The lowest BCUT2D eigenvalue weighted by atomic mass is 9.75. The molecule has 0 N–H and O–H groups in total. The number of benzene rings is 2. The fraction of sp³-hybridized carbons (Fsp3) is 0.417. The Labute approximate surface area is 166 Å². The third kappa shape index (κ3) is 3.61. The van der Waals surface area contributed by atoms with Crippen molar-refractivity contribution in [2.75, 3.05) is 13.2 Å². The second-order valence-corrected chi connectivity index (χ2v) is 8.47. The van der Waals surface area contributed by atoms with Crippen LogP contribution in [0.4, 0.5) is 0 Å². The predicted molar refractivity (Wildman–Crippen MR) is 108 cm³/mol. The molecule has 2 aliphatic rings. The lowest BCUT2D eigenvalue weighted by molar-refractivity contribution is -0.0774. The largest absolute Gasteiger partial charge is 0.376 e. The highest BCUT2D eigenvalue weighted by atomic mass is 16.5. The number of hydrogen-bond donors (Lipinski definition) is 0. The zero-order chi connectivity index (χ0) is 19.7. The van der Waals surface area contributed by atoms with Crippen LogP contribution in [0.2, 0.25) is 0 Å². The zero-order valence-electron chi connectivity index (χ0n) is 16.6. The van der Waals surface area contributed by atoms with Gasteiger partial charge >= 0.3 is 0 Å². The highest BCUT2D eigenvalue weighted by molar-refractivity contribution is 6.21. The summed E-state index contributed by atoms with van der Waals surface area (Å²) in [6.07, 6.45) is 2.76. The van der Waals surface area contributed by atoms with Crippen LogP contribution in [0.3, 0.4) is 0 Å². The van der Waals surface area contributed by atoms with Gasteiger partial charge in [-0.05, 0) is 62.6 Å². The van der Waals surface area contributed by atoms with Gasteiger partial charge in [-0.1, -0.05) is 42.5 Å². The van der Waals surface area contributed by atoms with Crippen molar-refractivity contribution in [3.8, 4) is 0 Å². The molecule has 0 aliphatic carbocycles. The van der Waals surface area contributed by atoms with Gasteiger partial charge in [0.2, 0.25) is 0 Å². The lowest BCUT2D eigenvalue weighted by Crippen LogP contribution is -2.38. The predicted octanol–water partition coefficient (Wildman–Crippen LogP) is 4.66. The minimum Gasteiger partial charge on any atom is -0.376 e. The number of ether oxygens (including phenoxy) is 1. The maximum absolute atomic E-state index is 12.7. The van der Waals surface area contributed by atoms with E-state index in [4.69, 9.17) is 4.74 Å². The minimum atomic E-state index is -0.167. The summed E-state index contributed by atoms with van der Waals surface area (Å²) in [6.45, 7) is 5.49. The lowest BCUT2D eigenvalue weighted by Gasteiger charge is -2.39. The number of rotatable bonds is 5. The summed E-state index contributed by atoms with van der Waals surface area (Å²) in [6, 6.07) is 17.6. The highest BCUT2D eigenvalue weighted by Gasteiger charge is 2.38. The van der Waals surface area contributed by atoms with Gasteiger partial charge < -0.3 is 4.74 Å². The monoisotopic (exact) mass is 377 g/mol. The molecule has 0 bridgehead atoms. The molecule has 0 radical (unpaired) electrons. The third-order valence-corrected chi connectivity index (χ3v) is 6.07. The summed E-state index contributed by atoms with van der Waals surface area (Å²) in [5, 5.41) is 0. The molecule has 4 nitrogen and oxygen atoms in total. The number of nitrogens with zero attached hydrogens (tertiary/aromatic N) is 1. The van der Waals surface area contributed by atoms with Crippen LogP contribution in [0.1, 0.15) is 65.3 Å². The molecule has 2 heterocycles. The Balaban J connectivity index is 1.54. The molecule has 28 heavy (non-hydrogen) atoms. The van der Waals surface area contributed by atoms with Crippen LogP contribution >= 0.6 is 0 Å². The number of carbonyl (C=O) groups is 2. The van der Waals surface area contributed by atoms with E-state index in [0.29, 0.717) is 29.5 Å². The topological polar surface area (TPSA) is 46.6 Å².